The molecule has 2 rings (SSSR count). The standard InChI is InChI=1S/C6H12N2/c1-2-8-6-4-7-3-5(1)6/h5-8H,1-4H2/t5-,6+/m1/s1. The quantitative estimate of drug-likeness (QED) is 0.444. The molecular weight excluding hydrogens is 100 g/mol. The molecule has 0 unspecified atom stereocenters. The van der Waals surface area contributed by atoms with E-state index in [-0.39, 0.29) is 0 Å². The molecule has 2 atom stereocenters. The number of fused-ring (bicyclic) bond motifs is 1. The molecule has 8 heavy (non-hydrogen) atoms. The zero-order chi connectivity index (χ0) is 5.40. The third kappa shape index (κ3) is 0.565. The van der Waals surface area contributed by atoms with Crippen molar-refractivity contribution in [3.63, 3.8) is 0 Å². The minimum absolute atomic E-state index is 0.815. The summed E-state index contributed by atoms with van der Waals surface area (Å²) < 4.78 is 0. The zero-order valence-corrected chi connectivity index (χ0v) is 4.98. The van der Waals surface area contributed by atoms with Crippen molar-refractivity contribution in [3.05, 3.63) is 0 Å². The van der Waals surface area contributed by atoms with Gasteiger partial charge in [0, 0.05) is 12.6 Å². The molecule has 0 aromatic rings. The van der Waals surface area contributed by atoms with Gasteiger partial charge in [-0.25, -0.2) is 0 Å². The van der Waals surface area contributed by atoms with Crippen LogP contribution < -0.4 is 10.6 Å². The largest absolute Gasteiger partial charge is 0.315 e. The summed E-state index contributed by atoms with van der Waals surface area (Å²) in [6, 6.07) is 0.815. The SMILES string of the molecule is C1C[C@@H]2CNC[C@@H]2N1. The maximum Gasteiger partial charge on any atom is 0.0233 e. The normalized spacial score (nSPS) is 45.0. The molecule has 0 aliphatic carbocycles. The summed E-state index contributed by atoms with van der Waals surface area (Å²) in [5.74, 6) is 0.954. The predicted molar refractivity (Wildman–Crippen MR) is 32.8 cm³/mol. The summed E-state index contributed by atoms with van der Waals surface area (Å²) in [5, 5.41) is 6.82. The molecule has 2 N–H and O–H groups in total. The van der Waals surface area contributed by atoms with Crippen molar-refractivity contribution in [2.75, 3.05) is 19.6 Å². The van der Waals surface area contributed by atoms with Gasteiger partial charge < -0.3 is 10.6 Å². The monoisotopic (exact) mass is 112 g/mol. The van der Waals surface area contributed by atoms with E-state index in [0.29, 0.717) is 0 Å². The molecule has 0 bridgehead atoms. The van der Waals surface area contributed by atoms with E-state index < -0.39 is 0 Å². The first-order valence-electron chi connectivity index (χ1n) is 3.41. The molecule has 2 aliphatic rings. The summed E-state index contributed by atoms with van der Waals surface area (Å²) >= 11 is 0. The van der Waals surface area contributed by atoms with Gasteiger partial charge >= 0.3 is 0 Å². The highest BCUT2D eigenvalue weighted by atomic mass is 15.1. The summed E-state index contributed by atoms with van der Waals surface area (Å²) in [6.45, 7) is 3.69. The van der Waals surface area contributed by atoms with Gasteiger partial charge in [0.2, 0.25) is 0 Å². The van der Waals surface area contributed by atoms with Crippen LogP contribution in [0.1, 0.15) is 6.42 Å². The van der Waals surface area contributed by atoms with E-state index in [4.69, 9.17) is 0 Å². The molecule has 46 valence electrons. The van der Waals surface area contributed by atoms with Crippen LogP contribution in [0.25, 0.3) is 0 Å². The highest BCUT2D eigenvalue weighted by molar-refractivity contribution is 4.91. The molecule has 2 fully saturated rings. The average Bonchev–Trinajstić information content (AvgIpc) is 2.15. The summed E-state index contributed by atoms with van der Waals surface area (Å²) in [4.78, 5) is 0. The van der Waals surface area contributed by atoms with Crippen LogP contribution in [-0.2, 0) is 0 Å². The number of hydrogen-bond acceptors (Lipinski definition) is 2. The molecule has 2 heteroatoms. The van der Waals surface area contributed by atoms with E-state index in [2.05, 4.69) is 10.6 Å². The summed E-state index contributed by atoms with van der Waals surface area (Å²) in [6.07, 6.45) is 1.39. The number of rotatable bonds is 0. The lowest BCUT2D eigenvalue weighted by Gasteiger charge is -2.03. The molecule has 0 spiro atoms. The third-order valence-electron chi connectivity index (χ3n) is 2.26. The summed E-state index contributed by atoms with van der Waals surface area (Å²) in [7, 11) is 0. The van der Waals surface area contributed by atoms with E-state index in [9.17, 15) is 0 Å². The van der Waals surface area contributed by atoms with E-state index >= 15 is 0 Å². The van der Waals surface area contributed by atoms with Crippen molar-refractivity contribution in [1.82, 2.24) is 10.6 Å². The highest BCUT2D eigenvalue weighted by Gasteiger charge is 2.30. The molecule has 2 saturated heterocycles. The van der Waals surface area contributed by atoms with Crippen LogP contribution in [0.5, 0.6) is 0 Å². The fraction of sp³-hybridized carbons (Fsp3) is 1.00. The van der Waals surface area contributed by atoms with Crippen LogP contribution in [-0.4, -0.2) is 25.7 Å². The van der Waals surface area contributed by atoms with Crippen LogP contribution in [0.3, 0.4) is 0 Å². The van der Waals surface area contributed by atoms with E-state index in [1.54, 1.807) is 0 Å². The molecule has 0 aromatic heterocycles. The van der Waals surface area contributed by atoms with Gasteiger partial charge in [-0.05, 0) is 25.4 Å². The number of hydrogen-bond donors (Lipinski definition) is 2. The van der Waals surface area contributed by atoms with Crippen molar-refractivity contribution < 1.29 is 0 Å². The van der Waals surface area contributed by atoms with Crippen LogP contribution in [0.4, 0.5) is 0 Å². The number of nitrogens with one attached hydrogen (secondary N) is 2. The topological polar surface area (TPSA) is 24.1 Å². The van der Waals surface area contributed by atoms with E-state index in [1.165, 1.54) is 26.1 Å². The van der Waals surface area contributed by atoms with Crippen LogP contribution in [0.2, 0.25) is 0 Å². The van der Waals surface area contributed by atoms with Crippen molar-refractivity contribution >= 4 is 0 Å². The second kappa shape index (κ2) is 1.71. The van der Waals surface area contributed by atoms with Gasteiger partial charge in [0.1, 0.15) is 0 Å². The third-order valence-corrected chi connectivity index (χ3v) is 2.26. The zero-order valence-electron chi connectivity index (χ0n) is 4.98. The minimum Gasteiger partial charge on any atom is -0.315 e. The molecule has 2 aliphatic heterocycles. The van der Waals surface area contributed by atoms with E-state index in [0.717, 1.165) is 12.0 Å². The summed E-state index contributed by atoms with van der Waals surface area (Å²) in [5.41, 5.74) is 0. The van der Waals surface area contributed by atoms with Gasteiger partial charge in [-0.15, -0.1) is 0 Å². The Labute approximate surface area is 49.7 Å². The Hall–Kier alpha value is -0.0800. The van der Waals surface area contributed by atoms with Crippen molar-refractivity contribution in [3.8, 4) is 0 Å². The maximum absolute atomic E-state index is 3.46. The van der Waals surface area contributed by atoms with E-state index in [1.807, 2.05) is 0 Å². The maximum atomic E-state index is 3.46. The lowest BCUT2D eigenvalue weighted by atomic mass is 10.1. The van der Waals surface area contributed by atoms with Gasteiger partial charge in [0.05, 0.1) is 0 Å². The Morgan fingerprint density at radius 2 is 2.25 bits per heavy atom. The predicted octanol–water partition coefficient (Wildman–Crippen LogP) is -0.432. The molecule has 0 amide bonds. The Morgan fingerprint density at radius 3 is 3.12 bits per heavy atom. The molecule has 2 heterocycles. The molecule has 0 aromatic carbocycles. The first kappa shape index (κ1) is 4.77. The van der Waals surface area contributed by atoms with Gasteiger partial charge in [0.15, 0.2) is 0 Å². The molecule has 0 radical (unpaired) electrons. The molecule has 0 saturated carbocycles. The smallest absolute Gasteiger partial charge is 0.0233 e. The van der Waals surface area contributed by atoms with Gasteiger partial charge in [-0.1, -0.05) is 0 Å². The second-order valence-electron chi connectivity index (χ2n) is 2.77. The first-order chi connectivity index (χ1) is 3.97. The lowest BCUT2D eigenvalue weighted by Crippen LogP contribution is -2.27. The van der Waals surface area contributed by atoms with Crippen molar-refractivity contribution in [2.24, 2.45) is 5.92 Å². The highest BCUT2D eigenvalue weighted by Crippen LogP contribution is 2.17. The van der Waals surface area contributed by atoms with Gasteiger partial charge in [-0.3, -0.25) is 0 Å². The fourth-order valence-electron chi connectivity index (χ4n) is 1.73. The van der Waals surface area contributed by atoms with Crippen LogP contribution >= 0.6 is 0 Å². The fourth-order valence-corrected chi connectivity index (χ4v) is 1.73. The minimum atomic E-state index is 0.815. The average molecular weight is 112 g/mol. The Kier molecular flexibility index (Phi) is 1.02. The first-order valence-corrected chi connectivity index (χ1v) is 3.41. The Balaban J connectivity index is 2.04. The Morgan fingerprint density at radius 1 is 1.25 bits per heavy atom. The molecular formula is C6H12N2. The molecule has 2 nitrogen and oxygen atoms in total. The van der Waals surface area contributed by atoms with Gasteiger partial charge in [0.25, 0.3) is 0 Å². The Bertz CT molecular complexity index is 72.5. The van der Waals surface area contributed by atoms with Crippen molar-refractivity contribution in [1.29, 1.82) is 0 Å². The van der Waals surface area contributed by atoms with Crippen LogP contribution in [0, 0.1) is 5.92 Å². The van der Waals surface area contributed by atoms with Gasteiger partial charge in [-0.2, -0.15) is 0 Å². The van der Waals surface area contributed by atoms with Crippen molar-refractivity contribution in [2.45, 2.75) is 12.5 Å². The second-order valence-corrected chi connectivity index (χ2v) is 2.77. The lowest BCUT2D eigenvalue weighted by molar-refractivity contribution is 0.555. The van der Waals surface area contributed by atoms with Crippen LogP contribution in [0.15, 0.2) is 0 Å².